The van der Waals surface area contributed by atoms with E-state index >= 15 is 0 Å². The lowest BCUT2D eigenvalue weighted by Crippen LogP contribution is -2.31. The fraction of sp³-hybridized carbons (Fsp3) is 0.333. The predicted molar refractivity (Wildman–Crippen MR) is 70.8 cm³/mol. The van der Waals surface area contributed by atoms with Crippen molar-refractivity contribution in [2.75, 3.05) is 19.0 Å². The number of carbonyl (C=O) groups excluding carboxylic acids is 2. The molecule has 96 valence electrons. The van der Waals surface area contributed by atoms with E-state index in [0.29, 0.717) is 6.61 Å². The number of likely N-dealkylation sites (N-methyl/N-ethyl adjacent to an activating group) is 1. The van der Waals surface area contributed by atoms with Crippen molar-refractivity contribution < 1.29 is 14.3 Å². The summed E-state index contributed by atoms with van der Waals surface area (Å²) in [6.45, 7) is 2.53. The van der Waals surface area contributed by atoms with E-state index in [2.05, 4.69) is 5.32 Å². The Morgan fingerprint density at radius 2 is 2.00 bits per heavy atom. The minimum absolute atomic E-state index is 0.223. The highest BCUT2D eigenvalue weighted by molar-refractivity contribution is 8.15. The molecule has 1 fully saturated rings. The molecule has 1 aromatic rings. The van der Waals surface area contributed by atoms with E-state index in [0.717, 1.165) is 28.1 Å². The molecule has 18 heavy (non-hydrogen) atoms. The summed E-state index contributed by atoms with van der Waals surface area (Å²) >= 11 is 0.986. The third-order valence-electron chi connectivity index (χ3n) is 2.51. The van der Waals surface area contributed by atoms with E-state index in [4.69, 9.17) is 4.74 Å². The van der Waals surface area contributed by atoms with Crippen LogP contribution in [0.3, 0.4) is 0 Å². The first kappa shape index (κ1) is 12.8. The number of benzene rings is 1. The van der Waals surface area contributed by atoms with Gasteiger partial charge in [-0.1, -0.05) is 0 Å². The van der Waals surface area contributed by atoms with Gasteiger partial charge in [0, 0.05) is 12.7 Å². The van der Waals surface area contributed by atoms with Gasteiger partial charge >= 0.3 is 0 Å². The van der Waals surface area contributed by atoms with E-state index in [1.807, 2.05) is 31.2 Å². The zero-order valence-electron chi connectivity index (χ0n) is 10.2. The summed E-state index contributed by atoms with van der Waals surface area (Å²) in [5, 5.41) is 2.24. The molecule has 1 aliphatic rings. The number of amides is 2. The monoisotopic (exact) mass is 266 g/mol. The maximum atomic E-state index is 11.7. The summed E-state index contributed by atoms with van der Waals surface area (Å²) in [6.07, 6.45) is 0. The summed E-state index contributed by atoms with van der Waals surface area (Å²) in [5.74, 6) is 0.556. The molecule has 0 bridgehead atoms. The van der Waals surface area contributed by atoms with Crippen LogP contribution in [-0.4, -0.2) is 35.1 Å². The van der Waals surface area contributed by atoms with Crippen LogP contribution >= 0.6 is 11.8 Å². The van der Waals surface area contributed by atoms with Crippen molar-refractivity contribution in [2.24, 2.45) is 0 Å². The highest BCUT2D eigenvalue weighted by atomic mass is 32.2. The van der Waals surface area contributed by atoms with Gasteiger partial charge in [0.1, 0.15) is 5.75 Å². The van der Waals surface area contributed by atoms with Crippen LogP contribution in [0.15, 0.2) is 24.3 Å². The van der Waals surface area contributed by atoms with Gasteiger partial charge in [-0.05, 0) is 43.0 Å². The smallest absolute Gasteiger partial charge is 0.290 e. The van der Waals surface area contributed by atoms with E-state index in [1.54, 1.807) is 0 Å². The average Bonchev–Trinajstić information content (AvgIpc) is 2.60. The Morgan fingerprint density at radius 3 is 2.50 bits per heavy atom. The van der Waals surface area contributed by atoms with Crippen LogP contribution in [0, 0.1) is 0 Å². The summed E-state index contributed by atoms with van der Waals surface area (Å²) in [4.78, 5) is 24.1. The SMILES string of the molecule is CCOc1ccc(NC2SC(=O)N(C)C2=O)cc1. The van der Waals surface area contributed by atoms with Crippen LogP contribution in [0.2, 0.25) is 0 Å². The quantitative estimate of drug-likeness (QED) is 0.905. The third-order valence-corrected chi connectivity index (χ3v) is 3.54. The standard InChI is InChI=1S/C12H14N2O3S/c1-3-17-9-6-4-8(5-7-9)13-10-11(15)14(2)12(16)18-10/h4-7,10,13H,3H2,1-2H3. The van der Waals surface area contributed by atoms with Gasteiger partial charge < -0.3 is 10.1 Å². The van der Waals surface area contributed by atoms with Crippen molar-refractivity contribution >= 4 is 28.6 Å². The van der Waals surface area contributed by atoms with Crippen molar-refractivity contribution in [3.8, 4) is 5.75 Å². The van der Waals surface area contributed by atoms with Crippen LogP contribution in [0.1, 0.15) is 6.92 Å². The van der Waals surface area contributed by atoms with Crippen molar-refractivity contribution in [1.29, 1.82) is 0 Å². The van der Waals surface area contributed by atoms with E-state index in [-0.39, 0.29) is 11.1 Å². The second-order valence-electron chi connectivity index (χ2n) is 3.76. The number of hydrogen-bond donors (Lipinski definition) is 1. The van der Waals surface area contributed by atoms with Gasteiger partial charge in [0.15, 0.2) is 5.37 Å². The van der Waals surface area contributed by atoms with Crippen molar-refractivity contribution in [1.82, 2.24) is 4.90 Å². The van der Waals surface area contributed by atoms with Crippen molar-refractivity contribution in [3.05, 3.63) is 24.3 Å². The number of rotatable bonds is 4. The van der Waals surface area contributed by atoms with Crippen molar-refractivity contribution in [3.63, 3.8) is 0 Å². The first-order chi connectivity index (χ1) is 8.61. The highest BCUT2D eigenvalue weighted by Gasteiger charge is 2.36. The van der Waals surface area contributed by atoms with Gasteiger partial charge in [0.05, 0.1) is 6.61 Å². The Balaban J connectivity index is 2.02. The number of anilines is 1. The number of carbonyl (C=O) groups is 2. The fourth-order valence-corrected chi connectivity index (χ4v) is 2.46. The second kappa shape index (κ2) is 5.30. The molecule has 0 spiro atoms. The van der Waals surface area contributed by atoms with Gasteiger partial charge in [-0.15, -0.1) is 0 Å². The molecule has 1 N–H and O–H groups in total. The van der Waals surface area contributed by atoms with Crippen LogP contribution < -0.4 is 10.1 Å². The molecule has 0 aliphatic carbocycles. The topological polar surface area (TPSA) is 58.6 Å². The Hall–Kier alpha value is -1.69. The zero-order valence-corrected chi connectivity index (χ0v) is 11.0. The molecule has 1 atom stereocenters. The van der Waals surface area contributed by atoms with E-state index in [1.165, 1.54) is 7.05 Å². The first-order valence-corrected chi connectivity index (χ1v) is 6.47. The lowest BCUT2D eigenvalue weighted by molar-refractivity contribution is -0.125. The molecular weight excluding hydrogens is 252 g/mol. The molecule has 0 aromatic heterocycles. The molecule has 1 heterocycles. The number of nitrogens with zero attached hydrogens (tertiary/aromatic N) is 1. The maximum Gasteiger partial charge on any atom is 0.290 e. The summed E-state index contributed by atoms with van der Waals surface area (Å²) in [7, 11) is 1.48. The molecule has 1 aliphatic heterocycles. The molecule has 6 heteroatoms. The number of thioether (sulfide) groups is 1. The van der Waals surface area contributed by atoms with Crippen LogP contribution in [-0.2, 0) is 4.79 Å². The molecule has 0 radical (unpaired) electrons. The second-order valence-corrected chi connectivity index (χ2v) is 4.82. The Bertz CT molecular complexity index is 461. The predicted octanol–water partition coefficient (Wildman–Crippen LogP) is 2.15. The Labute approximate surface area is 109 Å². The molecule has 0 saturated carbocycles. The van der Waals surface area contributed by atoms with E-state index in [9.17, 15) is 9.59 Å². The molecule has 5 nitrogen and oxygen atoms in total. The molecule has 1 unspecified atom stereocenters. The summed E-state index contributed by atoms with van der Waals surface area (Å²) < 4.78 is 5.32. The van der Waals surface area contributed by atoms with Gasteiger partial charge in [-0.2, -0.15) is 0 Å². The average molecular weight is 266 g/mol. The molecule has 2 amide bonds. The number of hydrogen-bond acceptors (Lipinski definition) is 5. The lowest BCUT2D eigenvalue weighted by atomic mass is 10.3. The van der Waals surface area contributed by atoms with Crippen LogP contribution in [0.25, 0.3) is 0 Å². The maximum absolute atomic E-state index is 11.7. The molecule has 1 saturated heterocycles. The van der Waals surface area contributed by atoms with Gasteiger partial charge in [0.25, 0.3) is 11.1 Å². The Kier molecular flexibility index (Phi) is 3.76. The minimum atomic E-state index is -0.541. The summed E-state index contributed by atoms with van der Waals surface area (Å²) in [6, 6.07) is 7.28. The zero-order chi connectivity index (χ0) is 13.1. The van der Waals surface area contributed by atoms with Gasteiger partial charge in [-0.3, -0.25) is 14.5 Å². The van der Waals surface area contributed by atoms with Crippen LogP contribution in [0.4, 0.5) is 10.5 Å². The molecule has 2 rings (SSSR count). The third kappa shape index (κ3) is 2.59. The van der Waals surface area contributed by atoms with Gasteiger partial charge in [0.2, 0.25) is 0 Å². The Morgan fingerprint density at radius 1 is 1.33 bits per heavy atom. The number of nitrogens with one attached hydrogen (secondary N) is 1. The minimum Gasteiger partial charge on any atom is -0.494 e. The fourth-order valence-electron chi connectivity index (χ4n) is 1.55. The lowest BCUT2D eigenvalue weighted by Gasteiger charge is -2.11. The molecule has 1 aromatic carbocycles. The van der Waals surface area contributed by atoms with Crippen molar-refractivity contribution in [2.45, 2.75) is 12.3 Å². The normalized spacial score (nSPS) is 19.2. The summed E-state index contributed by atoms with van der Waals surface area (Å²) in [5.41, 5.74) is 0.785. The highest BCUT2D eigenvalue weighted by Crippen LogP contribution is 2.27. The largest absolute Gasteiger partial charge is 0.494 e. The van der Waals surface area contributed by atoms with Crippen LogP contribution in [0.5, 0.6) is 5.75 Å². The first-order valence-electron chi connectivity index (χ1n) is 5.59. The van der Waals surface area contributed by atoms with E-state index < -0.39 is 5.37 Å². The number of imide groups is 1. The molecular formula is C12H14N2O3S. The number of ether oxygens (including phenoxy) is 1. The van der Waals surface area contributed by atoms with Gasteiger partial charge in [-0.25, -0.2) is 0 Å².